The molecule has 0 aliphatic heterocycles. The van der Waals surface area contributed by atoms with Crippen LogP contribution in [0.15, 0.2) is 47.4 Å². The Bertz CT molecular complexity index is 695. The lowest BCUT2D eigenvalue weighted by atomic mass is 10.1. The fourth-order valence-corrected chi connectivity index (χ4v) is 2.56. The van der Waals surface area contributed by atoms with Gasteiger partial charge in [-0.25, -0.2) is 9.18 Å². The molecular formula is C15H10FNO2S. The molecule has 0 heterocycles. The Labute approximate surface area is 119 Å². The second-order valence-electron chi connectivity index (χ2n) is 4.04. The second kappa shape index (κ2) is 6.22. The van der Waals surface area contributed by atoms with Gasteiger partial charge in [0.2, 0.25) is 0 Å². The van der Waals surface area contributed by atoms with Crippen LogP contribution in [0.3, 0.4) is 0 Å². The summed E-state index contributed by atoms with van der Waals surface area (Å²) >= 11 is 1.33. The summed E-state index contributed by atoms with van der Waals surface area (Å²) in [4.78, 5) is 11.6. The SMILES string of the molecule is N#Cc1ccc(F)c(CSc2cccc(C(=O)O)c2)c1. The number of aromatic carboxylic acids is 1. The van der Waals surface area contributed by atoms with Crippen molar-refractivity contribution in [3.8, 4) is 6.07 Å². The molecule has 2 aromatic rings. The van der Waals surface area contributed by atoms with Crippen molar-refractivity contribution < 1.29 is 14.3 Å². The van der Waals surface area contributed by atoms with E-state index in [1.807, 2.05) is 6.07 Å². The molecule has 20 heavy (non-hydrogen) atoms. The van der Waals surface area contributed by atoms with Gasteiger partial charge in [0.25, 0.3) is 0 Å². The number of hydrogen-bond acceptors (Lipinski definition) is 3. The van der Waals surface area contributed by atoms with E-state index in [0.717, 1.165) is 4.90 Å². The number of hydrogen-bond donors (Lipinski definition) is 1. The van der Waals surface area contributed by atoms with Crippen LogP contribution >= 0.6 is 11.8 Å². The molecule has 0 amide bonds. The maximum atomic E-state index is 13.6. The van der Waals surface area contributed by atoms with E-state index in [4.69, 9.17) is 10.4 Å². The van der Waals surface area contributed by atoms with Crippen molar-refractivity contribution >= 4 is 17.7 Å². The summed E-state index contributed by atoms with van der Waals surface area (Å²) in [5.74, 6) is -1.03. The van der Waals surface area contributed by atoms with Crippen LogP contribution in [0.5, 0.6) is 0 Å². The van der Waals surface area contributed by atoms with Crippen LogP contribution in [0.2, 0.25) is 0 Å². The van der Waals surface area contributed by atoms with Crippen LogP contribution < -0.4 is 0 Å². The van der Waals surface area contributed by atoms with Crippen molar-refractivity contribution in [2.75, 3.05) is 0 Å². The van der Waals surface area contributed by atoms with Gasteiger partial charge in [0.1, 0.15) is 5.82 Å². The van der Waals surface area contributed by atoms with E-state index in [0.29, 0.717) is 16.9 Å². The minimum absolute atomic E-state index is 0.196. The summed E-state index contributed by atoms with van der Waals surface area (Å²) in [5, 5.41) is 17.7. The molecule has 0 radical (unpaired) electrons. The number of nitrogens with zero attached hydrogens (tertiary/aromatic N) is 1. The van der Waals surface area contributed by atoms with Crippen LogP contribution in [-0.4, -0.2) is 11.1 Å². The third kappa shape index (κ3) is 3.37. The first-order valence-electron chi connectivity index (χ1n) is 5.75. The van der Waals surface area contributed by atoms with E-state index in [2.05, 4.69) is 0 Å². The van der Waals surface area contributed by atoms with E-state index in [9.17, 15) is 9.18 Å². The molecule has 5 heteroatoms. The van der Waals surface area contributed by atoms with Gasteiger partial charge in [-0.05, 0) is 42.0 Å². The van der Waals surface area contributed by atoms with Gasteiger partial charge < -0.3 is 5.11 Å². The average Bonchev–Trinajstić information content (AvgIpc) is 2.46. The summed E-state index contributed by atoms with van der Waals surface area (Å²) in [5.41, 5.74) is 1.03. The summed E-state index contributed by atoms with van der Waals surface area (Å²) < 4.78 is 13.6. The number of carbonyl (C=O) groups is 1. The number of carboxylic acid groups (broad SMARTS) is 1. The van der Waals surface area contributed by atoms with Gasteiger partial charge in [0, 0.05) is 10.6 Å². The van der Waals surface area contributed by atoms with Crippen LogP contribution in [-0.2, 0) is 5.75 Å². The topological polar surface area (TPSA) is 61.1 Å². The average molecular weight is 287 g/mol. The zero-order chi connectivity index (χ0) is 14.5. The first-order chi connectivity index (χ1) is 9.60. The van der Waals surface area contributed by atoms with Crippen molar-refractivity contribution in [2.45, 2.75) is 10.6 Å². The number of rotatable bonds is 4. The molecule has 2 aromatic carbocycles. The fraction of sp³-hybridized carbons (Fsp3) is 0.0667. The highest BCUT2D eigenvalue weighted by molar-refractivity contribution is 7.98. The molecule has 0 saturated carbocycles. The molecule has 0 atom stereocenters. The third-order valence-corrected chi connectivity index (χ3v) is 3.69. The Morgan fingerprint density at radius 3 is 2.80 bits per heavy atom. The van der Waals surface area contributed by atoms with Gasteiger partial charge in [-0.1, -0.05) is 6.07 Å². The van der Waals surface area contributed by atoms with E-state index in [1.54, 1.807) is 18.2 Å². The number of nitriles is 1. The standard InChI is InChI=1S/C15H10FNO2S/c16-14-5-4-10(8-17)6-12(14)9-20-13-3-1-2-11(7-13)15(18)19/h1-7H,9H2,(H,18,19). The Morgan fingerprint density at radius 1 is 1.30 bits per heavy atom. The number of carboxylic acids is 1. The minimum atomic E-state index is -0.995. The number of benzene rings is 2. The van der Waals surface area contributed by atoms with Gasteiger partial charge in [-0.15, -0.1) is 11.8 Å². The van der Waals surface area contributed by atoms with Crippen molar-refractivity contribution in [3.05, 3.63) is 65.0 Å². The smallest absolute Gasteiger partial charge is 0.335 e. The van der Waals surface area contributed by atoms with Crippen molar-refractivity contribution in [2.24, 2.45) is 0 Å². The molecule has 0 aromatic heterocycles. The zero-order valence-corrected chi connectivity index (χ0v) is 11.2. The van der Waals surface area contributed by atoms with E-state index in [-0.39, 0.29) is 11.4 Å². The molecule has 3 nitrogen and oxygen atoms in total. The van der Waals surface area contributed by atoms with Crippen molar-refractivity contribution in [3.63, 3.8) is 0 Å². The Kier molecular flexibility index (Phi) is 4.38. The molecule has 1 N–H and O–H groups in total. The van der Waals surface area contributed by atoms with E-state index < -0.39 is 5.97 Å². The van der Waals surface area contributed by atoms with Crippen LogP contribution in [0, 0.1) is 17.1 Å². The lowest BCUT2D eigenvalue weighted by molar-refractivity contribution is 0.0696. The second-order valence-corrected chi connectivity index (χ2v) is 5.09. The summed E-state index contributed by atoms with van der Waals surface area (Å²) in [6.45, 7) is 0. The highest BCUT2D eigenvalue weighted by atomic mass is 32.2. The first kappa shape index (κ1) is 14.1. The number of thioether (sulfide) groups is 1. The molecule has 0 aliphatic carbocycles. The molecule has 0 unspecified atom stereocenters. The van der Waals surface area contributed by atoms with Crippen LogP contribution in [0.25, 0.3) is 0 Å². The third-order valence-electron chi connectivity index (χ3n) is 2.65. The predicted octanol–water partition coefficient (Wildman–Crippen LogP) is 3.69. The van der Waals surface area contributed by atoms with E-state index in [1.165, 1.54) is 36.0 Å². The van der Waals surface area contributed by atoms with Gasteiger partial charge in [-0.3, -0.25) is 0 Å². The van der Waals surface area contributed by atoms with Crippen LogP contribution in [0.4, 0.5) is 4.39 Å². The summed E-state index contributed by atoms with van der Waals surface area (Å²) in [6.07, 6.45) is 0. The lowest BCUT2D eigenvalue weighted by Crippen LogP contribution is -1.95. The normalized spacial score (nSPS) is 10.0. The highest BCUT2D eigenvalue weighted by Gasteiger charge is 2.07. The van der Waals surface area contributed by atoms with Crippen molar-refractivity contribution in [1.82, 2.24) is 0 Å². The largest absolute Gasteiger partial charge is 0.478 e. The van der Waals surface area contributed by atoms with E-state index >= 15 is 0 Å². The Morgan fingerprint density at radius 2 is 2.10 bits per heavy atom. The van der Waals surface area contributed by atoms with Crippen molar-refractivity contribution in [1.29, 1.82) is 5.26 Å². The monoisotopic (exact) mass is 287 g/mol. The molecular weight excluding hydrogens is 277 g/mol. The minimum Gasteiger partial charge on any atom is -0.478 e. The maximum Gasteiger partial charge on any atom is 0.335 e. The summed E-state index contributed by atoms with van der Waals surface area (Å²) in [6, 6.07) is 12.6. The molecule has 100 valence electrons. The van der Waals surface area contributed by atoms with Gasteiger partial charge in [0.05, 0.1) is 17.2 Å². The molecule has 0 fully saturated rings. The maximum absolute atomic E-state index is 13.6. The molecule has 0 saturated heterocycles. The first-order valence-corrected chi connectivity index (χ1v) is 6.73. The molecule has 2 rings (SSSR count). The number of halogens is 1. The lowest BCUT2D eigenvalue weighted by Gasteiger charge is -2.05. The molecule has 0 spiro atoms. The molecule has 0 bridgehead atoms. The zero-order valence-electron chi connectivity index (χ0n) is 10.3. The molecule has 0 aliphatic rings. The predicted molar refractivity (Wildman–Crippen MR) is 74.1 cm³/mol. The Hall–Kier alpha value is -2.32. The van der Waals surface area contributed by atoms with Crippen LogP contribution in [0.1, 0.15) is 21.5 Å². The van der Waals surface area contributed by atoms with Gasteiger partial charge in [-0.2, -0.15) is 5.26 Å². The highest BCUT2D eigenvalue weighted by Crippen LogP contribution is 2.25. The quantitative estimate of drug-likeness (QED) is 0.871. The summed E-state index contributed by atoms with van der Waals surface area (Å²) in [7, 11) is 0. The fourth-order valence-electron chi connectivity index (χ4n) is 1.63. The van der Waals surface area contributed by atoms with Gasteiger partial charge in [0.15, 0.2) is 0 Å². The Balaban J connectivity index is 2.15. The van der Waals surface area contributed by atoms with Gasteiger partial charge >= 0.3 is 5.97 Å².